The van der Waals surface area contributed by atoms with Crippen LogP contribution in [0.5, 0.6) is 0 Å². The molecular weight excluding hydrogens is 304 g/mol. The molecule has 3 heterocycles. The summed E-state index contributed by atoms with van der Waals surface area (Å²) in [7, 11) is 3.21. The highest BCUT2D eigenvalue weighted by Gasteiger charge is 2.47. The Morgan fingerprint density at radius 3 is 2.87 bits per heavy atom. The van der Waals surface area contributed by atoms with Crippen LogP contribution in [-0.4, -0.2) is 65.3 Å². The monoisotopic (exact) mass is 324 g/mol. The van der Waals surface area contributed by atoms with Gasteiger partial charge in [0.05, 0.1) is 19.3 Å². The molecule has 126 valence electrons. The number of H-pyrrole nitrogens is 1. The molecule has 1 aliphatic rings. The highest BCUT2D eigenvalue weighted by Crippen LogP contribution is 2.34. The zero-order valence-corrected chi connectivity index (χ0v) is 13.3. The van der Waals surface area contributed by atoms with E-state index in [4.69, 9.17) is 18.9 Å². The molecule has 23 heavy (non-hydrogen) atoms. The van der Waals surface area contributed by atoms with E-state index < -0.39 is 6.23 Å². The van der Waals surface area contributed by atoms with Crippen molar-refractivity contribution in [2.75, 3.05) is 27.4 Å². The molecule has 2 aromatic rings. The average Bonchev–Trinajstić information content (AvgIpc) is 3.11. The van der Waals surface area contributed by atoms with E-state index in [2.05, 4.69) is 15.0 Å². The van der Waals surface area contributed by atoms with E-state index in [1.54, 1.807) is 18.8 Å². The number of methoxy groups -OCH3 is 2. The van der Waals surface area contributed by atoms with Gasteiger partial charge in [0.2, 0.25) is 0 Å². The summed E-state index contributed by atoms with van der Waals surface area (Å²) in [5.41, 5.74) is 0.402. The minimum Gasteiger partial charge on any atom is -0.382 e. The van der Waals surface area contributed by atoms with Gasteiger partial charge in [-0.1, -0.05) is 0 Å². The maximum absolute atomic E-state index is 11.8. The standard InChI is InChI=1S/C14H20N4O5/c1-4-22-10-8(5-20-2)23-14(11(10)21-3)18-7-17-9-12(18)15-6-16-13(9)19/h6-8,10-11,14H,4-5H2,1-3H3,(H,15,16,19)/t8-,10-,11?,14?/m1/s1. The molecule has 1 aliphatic heterocycles. The molecule has 4 atom stereocenters. The first kappa shape index (κ1) is 16.1. The number of rotatable bonds is 6. The van der Waals surface area contributed by atoms with Crippen LogP contribution in [0.25, 0.3) is 11.2 Å². The molecule has 9 nitrogen and oxygen atoms in total. The maximum Gasteiger partial charge on any atom is 0.278 e. The summed E-state index contributed by atoms with van der Waals surface area (Å²) in [6, 6.07) is 0. The van der Waals surface area contributed by atoms with Crippen molar-refractivity contribution in [2.24, 2.45) is 0 Å². The highest BCUT2D eigenvalue weighted by molar-refractivity contribution is 5.68. The number of aromatic amines is 1. The van der Waals surface area contributed by atoms with Gasteiger partial charge in [0.25, 0.3) is 5.56 Å². The van der Waals surface area contributed by atoms with Crippen LogP contribution in [0.15, 0.2) is 17.4 Å². The van der Waals surface area contributed by atoms with E-state index >= 15 is 0 Å². The van der Waals surface area contributed by atoms with Gasteiger partial charge in [-0.05, 0) is 6.92 Å². The molecule has 0 spiro atoms. The van der Waals surface area contributed by atoms with Crippen molar-refractivity contribution in [3.8, 4) is 0 Å². The third-order valence-electron chi connectivity index (χ3n) is 3.89. The number of hydrogen-bond acceptors (Lipinski definition) is 7. The fraction of sp³-hybridized carbons (Fsp3) is 0.643. The van der Waals surface area contributed by atoms with Crippen LogP contribution in [0.4, 0.5) is 0 Å². The second-order valence-electron chi connectivity index (χ2n) is 5.20. The Kier molecular flexibility index (Phi) is 4.71. The number of ether oxygens (including phenoxy) is 4. The maximum atomic E-state index is 11.8. The lowest BCUT2D eigenvalue weighted by Gasteiger charge is -2.22. The SMILES string of the molecule is CCO[C@H]1C(OC)C(n2cnc3c(=O)[nH]cnc32)O[C@@H]1COC. The van der Waals surface area contributed by atoms with E-state index in [1.165, 1.54) is 12.7 Å². The van der Waals surface area contributed by atoms with Gasteiger partial charge in [-0.3, -0.25) is 9.36 Å². The van der Waals surface area contributed by atoms with Gasteiger partial charge >= 0.3 is 0 Å². The molecule has 1 saturated heterocycles. The number of nitrogens with one attached hydrogen (secondary N) is 1. The Morgan fingerprint density at radius 1 is 1.35 bits per heavy atom. The molecule has 3 rings (SSSR count). The molecule has 2 aromatic heterocycles. The second kappa shape index (κ2) is 6.75. The summed E-state index contributed by atoms with van der Waals surface area (Å²) < 4.78 is 24.3. The van der Waals surface area contributed by atoms with Gasteiger partial charge in [-0.25, -0.2) is 9.97 Å². The lowest BCUT2D eigenvalue weighted by atomic mass is 10.1. The molecule has 1 fully saturated rings. The van der Waals surface area contributed by atoms with Crippen LogP contribution in [0.1, 0.15) is 13.2 Å². The van der Waals surface area contributed by atoms with Crippen LogP contribution in [-0.2, 0) is 18.9 Å². The molecule has 0 aliphatic carbocycles. The lowest BCUT2D eigenvalue weighted by molar-refractivity contribution is -0.0664. The second-order valence-corrected chi connectivity index (χ2v) is 5.20. The summed E-state index contributed by atoms with van der Waals surface area (Å²) in [6.07, 6.45) is 1.43. The van der Waals surface area contributed by atoms with E-state index in [0.717, 1.165) is 0 Å². The van der Waals surface area contributed by atoms with Gasteiger partial charge in [0.1, 0.15) is 18.3 Å². The summed E-state index contributed by atoms with van der Waals surface area (Å²) in [6.45, 7) is 2.82. The molecule has 9 heteroatoms. The highest BCUT2D eigenvalue weighted by atomic mass is 16.6. The Balaban J connectivity index is 1.99. The zero-order valence-electron chi connectivity index (χ0n) is 13.3. The quantitative estimate of drug-likeness (QED) is 0.803. The smallest absolute Gasteiger partial charge is 0.278 e. The summed E-state index contributed by atoms with van der Waals surface area (Å²) >= 11 is 0. The lowest BCUT2D eigenvalue weighted by Crippen LogP contribution is -2.37. The Bertz CT molecular complexity index is 715. The van der Waals surface area contributed by atoms with Gasteiger partial charge in [0, 0.05) is 20.8 Å². The predicted molar refractivity (Wildman–Crippen MR) is 80.1 cm³/mol. The molecular formula is C14H20N4O5. The van der Waals surface area contributed by atoms with Gasteiger partial charge < -0.3 is 23.9 Å². The Hall–Kier alpha value is -1.81. The molecule has 0 radical (unpaired) electrons. The fourth-order valence-corrected chi connectivity index (χ4v) is 2.92. The number of nitrogens with zero attached hydrogens (tertiary/aromatic N) is 3. The van der Waals surface area contributed by atoms with Crippen molar-refractivity contribution in [2.45, 2.75) is 31.5 Å². The largest absolute Gasteiger partial charge is 0.382 e. The number of aromatic nitrogens is 4. The summed E-state index contributed by atoms with van der Waals surface area (Å²) in [5.74, 6) is 0. The third kappa shape index (κ3) is 2.76. The first-order valence-corrected chi connectivity index (χ1v) is 7.40. The Morgan fingerprint density at radius 2 is 2.17 bits per heavy atom. The minimum atomic E-state index is -0.504. The summed E-state index contributed by atoms with van der Waals surface area (Å²) in [4.78, 5) is 22.6. The molecule has 1 N–H and O–H groups in total. The average molecular weight is 324 g/mol. The zero-order chi connectivity index (χ0) is 16.4. The first-order valence-electron chi connectivity index (χ1n) is 7.40. The van der Waals surface area contributed by atoms with E-state index in [1.807, 2.05) is 6.92 Å². The van der Waals surface area contributed by atoms with Crippen molar-refractivity contribution < 1.29 is 18.9 Å². The predicted octanol–water partition coefficient (Wildman–Crippen LogP) is 0.0835. The van der Waals surface area contributed by atoms with Gasteiger partial charge in [0.15, 0.2) is 17.4 Å². The topological polar surface area (TPSA) is 100 Å². The van der Waals surface area contributed by atoms with Crippen LogP contribution >= 0.6 is 0 Å². The normalized spacial score (nSPS) is 27.8. The van der Waals surface area contributed by atoms with Crippen LogP contribution in [0.2, 0.25) is 0 Å². The van der Waals surface area contributed by atoms with Gasteiger partial charge in [-0.2, -0.15) is 0 Å². The number of imidazole rings is 1. The minimum absolute atomic E-state index is 0.258. The van der Waals surface area contributed by atoms with E-state index in [-0.39, 0.29) is 29.4 Å². The van der Waals surface area contributed by atoms with E-state index in [0.29, 0.717) is 18.9 Å². The molecule has 0 saturated carbocycles. The molecule has 0 amide bonds. The molecule has 2 unspecified atom stereocenters. The molecule has 0 bridgehead atoms. The van der Waals surface area contributed by atoms with Gasteiger partial charge in [-0.15, -0.1) is 0 Å². The molecule has 0 aromatic carbocycles. The van der Waals surface area contributed by atoms with E-state index in [9.17, 15) is 4.79 Å². The van der Waals surface area contributed by atoms with Crippen LogP contribution in [0, 0.1) is 0 Å². The summed E-state index contributed by atoms with van der Waals surface area (Å²) in [5, 5.41) is 0. The third-order valence-corrected chi connectivity index (χ3v) is 3.89. The van der Waals surface area contributed by atoms with Crippen LogP contribution in [0.3, 0.4) is 0 Å². The fourth-order valence-electron chi connectivity index (χ4n) is 2.92. The first-order chi connectivity index (χ1) is 11.2. The van der Waals surface area contributed by atoms with Crippen molar-refractivity contribution in [1.29, 1.82) is 0 Å². The van der Waals surface area contributed by atoms with Crippen molar-refractivity contribution in [1.82, 2.24) is 19.5 Å². The van der Waals surface area contributed by atoms with Crippen molar-refractivity contribution in [3.63, 3.8) is 0 Å². The Labute approximate surface area is 132 Å². The van der Waals surface area contributed by atoms with Crippen LogP contribution < -0.4 is 5.56 Å². The number of hydrogen-bond donors (Lipinski definition) is 1. The van der Waals surface area contributed by atoms with Crippen molar-refractivity contribution in [3.05, 3.63) is 23.0 Å². The van der Waals surface area contributed by atoms with Crippen molar-refractivity contribution >= 4 is 11.2 Å². The number of fused-ring (bicyclic) bond motifs is 1.